The first-order chi connectivity index (χ1) is 25.5. The normalized spacial score (nSPS) is 16.9. The van der Waals surface area contributed by atoms with Gasteiger partial charge in [0.2, 0.25) is 0 Å². The zero-order chi connectivity index (χ0) is 35.1. The maximum absolute atomic E-state index is 9.69. The number of hydrogen-bond donors (Lipinski definition) is 1. The van der Waals surface area contributed by atoms with Gasteiger partial charge >= 0.3 is 0 Å². The van der Waals surface area contributed by atoms with Crippen LogP contribution in [0.5, 0.6) is 5.75 Å². The molecule has 0 aliphatic heterocycles. The number of aromatic nitrogens is 1. The number of anilines is 1. The quantitative estimate of drug-likeness (QED) is 0.178. The molecule has 0 spiro atoms. The van der Waals surface area contributed by atoms with Crippen molar-refractivity contribution in [3.8, 4) is 17.0 Å². The summed E-state index contributed by atoms with van der Waals surface area (Å²) < 4.78 is 6.11. The Morgan fingerprint density at radius 2 is 1.31 bits per heavy atom. The number of aliphatic hydroxyl groups is 1. The number of rotatable bonds is 6. The predicted molar refractivity (Wildman–Crippen MR) is 213 cm³/mol. The van der Waals surface area contributed by atoms with Gasteiger partial charge in [0.25, 0.3) is 0 Å². The second kappa shape index (κ2) is 11.5. The summed E-state index contributed by atoms with van der Waals surface area (Å²) in [7, 11) is 4.12. The monoisotopic (exact) mass is 674 g/mol. The fraction of sp³-hybridized carbons (Fsp3) is 0.146. The Balaban J connectivity index is 1.40. The van der Waals surface area contributed by atoms with E-state index in [0.29, 0.717) is 0 Å². The molecule has 1 heterocycles. The van der Waals surface area contributed by atoms with E-state index < -0.39 is 5.41 Å². The van der Waals surface area contributed by atoms with Crippen molar-refractivity contribution in [2.45, 2.75) is 18.3 Å². The first kappa shape index (κ1) is 30.8. The van der Waals surface area contributed by atoms with E-state index in [2.05, 4.69) is 147 Å². The Kier molecular flexibility index (Phi) is 6.83. The highest BCUT2D eigenvalue weighted by Crippen LogP contribution is 2.63. The fourth-order valence-electron chi connectivity index (χ4n) is 9.48. The minimum absolute atomic E-state index is 0.0475. The number of fused-ring (bicyclic) bond motifs is 5. The molecule has 0 amide bonds. The molecule has 3 aliphatic carbocycles. The topological polar surface area (TPSA) is 45.6 Å². The average Bonchev–Trinajstić information content (AvgIpc) is 3.19. The van der Waals surface area contributed by atoms with E-state index in [9.17, 15) is 5.11 Å². The lowest BCUT2D eigenvalue weighted by molar-refractivity contribution is 0.201. The number of aliphatic hydroxyl groups excluding tert-OH is 1. The molecule has 2 bridgehead atoms. The molecule has 0 unspecified atom stereocenters. The van der Waals surface area contributed by atoms with Crippen LogP contribution in [0, 0.1) is 6.92 Å². The van der Waals surface area contributed by atoms with Crippen molar-refractivity contribution in [3.63, 3.8) is 0 Å². The van der Waals surface area contributed by atoms with E-state index in [0.717, 1.165) is 38.9 Å². The van der Waals surface area contributed by atoms with Gasteiger partial charge in [-0.2, -0.15) is 0 Å². The number of hydrogen-bond acceptors (Lipinski definition) is 4. The number of aryl methyl sites for hydroxylation is 1. The van der Waals surface area contributed by atoms with Crippen LogP contribution in [0.4, 0.5) is 5.69 Å². The van der Waals surface area contributed by atoms with Crippen LogP contribution in [0.3, 0.4) is 0 Å². The zero-order valence-electron chi connectivity index (χ0n) is 29.5. The summed E-state index contributed by atoms with van der Waals surface area (Å²) in [5.74, 6) is 0.928. The average molecular weight is 675 g/mol. The molecule has 7 aromatic carbocycles. The molecule has 0 saturated carbocycles. The Morgan fingerprint density at radius 3 is 1.96 bits per heavy atom. The summed E-state index contributed by atoms with van der Waals surface area (Å²) in [6.07, 6.45) is 1.90. The van der Waals surface area contributed by atoms with Crippen molar-refractivity contribution in [3.05, 3.63) is 184 Å². The second-order valence-electron chi connectivity index (χ2n) is 14.5. The highest BCUT2D eigenvalue weighted by atomic mass is 16.5. The van der Waals surface area contributed by atoms with Crippen LogP contribution in [0.1, 0.15) is 50.4 Å². The van der Waals surface area contributed by atoms with Gasteiger partial charge in [0.05, 0.1) is 17.7 Å². The van der Waals surface area contributed by atoms with Crippen LogP contribution < -0.4 is 9.64 Å². The van der Waals surface area contributed by atoms with Gasteiger partial charge < -0.3 is 14.7 Å². The predicted octanol–water partition coefficient (Wildman–Crippen LogP) is 10.1. The maximum atomic E-state index is 9.69. The highest BCUT2D eigenvalue weighted by Gasteiger charge is 2.53. The molecule has 4 nitrogen and oxygen atoms in total. The van der Waals surface area contributed by atoms with Crippen LogP contribution in [-0.2, 0) is 5.41 Å². The van der Waals surface area contributed by atoms with E-state index in [1.165, 1.54) is 60.7 Å². The molecule has 11 rings (SSSR count). The molecular formula is C48H38N2O2. The minimum atomic E-state index is -0.531. The Labute approximate surface area is 303 Å². The third kappa shape index (κ3) is 4.16. The minimum Gasteiger partial charge on any atom is -0.491 e. The Hall–Kier alpha value is -5.97. The number of ether oxygens (including phenoxy) is 1. The highest BCUT2D eigenvalue weighted by molar-refractivity contribution is 6.25. The van der Waals surface area contributed by atoms with Gasteiger partial charge in [-0.1, -0.05) is 97.1 Å². The molecule has 252 valence electrons. The lowest BCUT2D eigenvalue weighted by Crippen LogP contribution is -2.43. The summed E-state index contributed by atoms with van der Waals surface area (Å²) >= 11 is 0. The molecule has 3 aliphatic rings. The van der Waals surface area contributed by atoms with Crippen molar-refractivity contribution in [2.24, 2.45) is 0 Å². The summed E-state index contributed by atoms with van der Waals surface area (Å²) in [5, 5.41) is 16.7. The molecule has 0 saturated heterocycles. The third-order valence-electron chi connectivity index (χ3n) is 11.6. The lowest BCUT2D eigenvalue weighted by Gasteiger charge is -2.51. The van der Waals surface area contributed by atoms with Gasteiger partial charge in [0, 0.05) is 37.5 Å². The van der Waals surface area contributed by atoms with E-state index >= 15 is 0 Å². The molecule has 1 aromatic heterocycles. The maximum Gasteiger partial charge on any atom is 0.120 e. The first-order valence-corrected chi connectivity index (χ1v) is 18.1. The van der Waals surface area contributed by atoms with Crippen LogP contribution in [0.2, 0.25) is 0 Å². The standard InChI is InChI=1S/C48H38N2O2/c1-29-16-21-43(48-40-13-7-4-10-35(40)46(36-11-5-8-14-41(36)48)37-12-6-9-15-42(37)48)47-33(29)19-17-30-26-38(44-27-31(50(2)3)22-23-49-44)34-20-18-32(52-25-24-51)28-39(34)45(30)47/h4-23,26-28,46,51H,24-25H2,1-3H3. The fourth-order valence-corrected chi connectivity index (χ4v) is 9.48. The van der Waals surface area contributed by atoms with Gasteiger partial charge in [0.1, 0.15) is 12.4 Å². The summed E-state index contributed by atoms with van der Waals surface area (Å²) in [5.41, 5.74) is 13.3. The molecule has 8 aromatic rings. The van der Waals surface area contributed by atoms with Crippen LogP contribution in [0.15, 0.2) is 140 Å². The van der Waals surface area contributed by atoms with Crippen molar-refractivity contribution in [1.82, 2.24) is 4.98 Å². The van der Waals surface area contributed by atoms with Gasteiger partial charge in [-0.25, -0.2) is 0 Å². The SMILES string of the molecule is Cc1ccc(C23c4ccccc4C(c4ccccc42)c2ccccc23)c2c1ccc1cc(-c3cc(N(C)C)ccn3)c3ccc(OCCO)cc3c12. The van der Waals surface area contributed by atoms with E-state index in [-0.39, 0.29) is 19.1 Å². The van der Waals surface area contributed by atoms with Crippen molar-refractivity contribution in [2.75, 3.05) is 32.2 Å². The van der Waals surface area contributed by atoms with Gasteiger partial charge in [-0.3, -0.25) is 4.98 Å². The molecule has 0 atom stereocenters. The molecule has 0 fully saturated rings. The van der Waals surface area contributed by atoms with E-state index in [1.807, 2.05) is 18.3 Å². The van der Waals surface area contributed by atoms with Crippen LogP contribution in [0.25, 0.3) is 43.6 Å². The molecule has 0 radical (unpaired) electrons. The molecule has 4 heteroatoms. The van der Waals surface area contributed by atoms with Gasteiger partial charge in [-0.15, -0.1) is 0 Å². The van der Waals surface area contributed by atoms with Gasteiger partial charge in [-0.05, 0) is 120 Å². The van der Waals surface area contributed by atoms with Gasteiger partial charge in [0.15, 0.2) is 0 Å². The zero-order valence-corrected chi connectivity index (χ0v) is 29.5. The number of nitrogens with zero attached hydrogens (tertiary/aromatic N) is 2. The summed E-state index contributed by atoms with van der Waals surface area (Å²) in [4.78, 5) is 7.02. The van der Waals surface area contributed by atoms with Crippen molar-refractivity contribution < 1.29 is 9.84 Å². The smallest absolute Gasteiger partial charge is 0.120 e. The van der Waals surface area contributed by atoms with E-state index in [1.54, 1.807) is 0 Å². The van der Waals surface area contributed by atoms with Crippen LogP contribution in [-0.4, -0.2) is 37.4 Å². The number of pyridine rings is 1. The Bertz CT molecular complexity index is 2630. The Morgan fingerprint density at radius 1 is 0.654 bits per heavy atom. The van der Waals surface area contributed by atoms with Crippen molar-refractivity contribution in [1.29, 1.82) is 0 Å². The largest absolute Gasteiger partial charge is 0.491 e. The first-order valence-electron chi connectivity index (χ1n) is 18.1. The molecule has 1 N–H and O–H groups in total. The molecular weight excluding hydrogens is 637 g/mol. The number of benzene rings is 7. The lowest BCUT2D eigenvalue weighted by atomic mass is 9.50. The third-order valence-corrected chi connectivity index (χ3v) is 11.6. The summed E-state index contributed by atoms with van der Waals surface area (Å²) in [6, 6.07) is 49.6. The van der Waals surface area contributed by atoms with Crippen LogP contribution >= 0.6 is 0 Å². The van der Waals surface area contributed by atoms with E-state index in [4.69, 9.17) is 9.72 Å². The summed E-state index contributed by atoms with van der Waals surface area (Å²) in [6.45, 7) is 2.41. The molecule has 52 heavy (non-hydrogen) atoms. The second-order valence-corrected chi connectivity index (χ2v) is 14.5. The van der Waals surface area contributed by atoms with Crippen molar-refractivity contribution >= 4 is 38.0 Å².